The van der Waals surface area contributed by atoms with Crippen LogP contribution in [0.5, 0.6) is 11.5 Å². The highest BCUT2D eigenvalue weighted by molar-refractivity contribution is 6.11. The lowest BCUT2D eigenvalue weighted by Gasteiger charge is -2.48. The summed E-state index contributed by atoms with van der Waals surface area (Å²) in [4.78, 5) is 30.4. The van der Waals surface area contributed by atoms with Crippen molar-refractivity contribution in [2.75, 3.05) is 18.0 Å². The molecule has 12 rings (SSSR count). The van der Waals surface area contributed by atoms with Crippen LogP contribution in [-0.4, -0.2) is 28.9 Å². The van der Waals surface area contributed by atoms with Gasteiger partial charge in [-0.05, 0) is 153 Å². The summed E-state index contributed by atoms with van der Waals surface area (Å²) in [6.07, 6.45) is 2.10. The predicted molar refractivity (Wildman–Crippen MR) is 303 cm³/mol. The van der Waals surface area contributed by atoms with Crippen LogP contribution in [0, 0.1) is 0 Å². The normalized spacial score (nSPS) is 15.2. The molecule has 8 heteroatoms. The molecule has 0 amide bonds. The van der Waals surface area contributed by atoms with Crippen molar-refractivity contribution in [2.24, 2.45) is 0 Å². The molecule has 3 aromatic heterocycles. The Morgan fingerprint density at radius 3 is 1.77 bits per heavy atom. The SMILES string of the molecule is CC(C)(C)Oc1cc(OC(C)(C)C)c2cc(-c3cccc(-c4ccc5c6ccc(-c7ccc(-c8cc9cc%10c%11c(c9oc8=O)C(C)(C)CCN%11CCC%10(C)C)cc7)cc6n(-c6ccccc6)c5c4)c3)c(=O)oc2c1. The van der Waals surface area contributed by atoms with Gasteiger partial charge in [0.1, 0.15) is 33.9 Å². The summed E-state index contributed by atoms with van der Waals surface area (Å²) in [5.41, 5.74) is 12.9. The number of ether oxygens (including phenoxy) is 2. The second-order valence-electron chi connectivity index (χ2n) is 23.8. The molecule has 10 aromatic rings. The van der Waals surface area contributed by atoms with Gasteiger partial charge >= 0.3 is 11.3 Å². The van der Waals surface area contributed by atoms with E-state index in [1.165, 1.54) is 16.8 Å². The zero-order valence-corrected chi connectivity index (χ0v) is 44.0. The Morgan fingerprint density at radius 2 is 1.09 bits per heavy atom. The maximum atomic E-state index is 14.0. The summed E-state index contributed by atoms with van der Waals surface area (Å²) in [5, 5.41) is 3.93. The average molecular weight is 979 g/mol. The number of rotatable bonds is 7. The zero-order chi connectivity index (χ0) is 51.6. The standard InChI is InChI=1S/C66H62N2O6/c1-63(2,3)73-47-36-56-52(57(37-47)74-64(4,5)6)38-51(61(69)71-56)44-16-14-15-41(31-44)43-24-26-49-48-25-23-42(34-54(48)68(55(49)35-43)46-17-12-11-13-18-46)39-19-21-40(22-20-39)50-32-45-33-53-59-58(60(45)72-62(50)70)66(9,10)28-30-67(59)29-27-65(53,7)8/h11-26,31-38H,27-30H2,1-10H3. The Labute approximate surface area is 431 Å². The Hall–Kier alpha value is -7.84. The lowest BCUT2D eigenvalue weighted by Crippen LogP contribution is -2.44. The Morgan fingerprint density at radius 1 is 0.514 bits per heavy atom. The van der Waals surface area contributed by atoms with E-state index in [2.05, 4.69) is 134 Å². The third-order valence-corrected chi connectivity index (χ3v) is 15.2. The predicted octanol–water partition coefficient (Wildman–Crippen LogP) is 16.2. The number of hydrogen-bond donors (Lipinski definition) is 0. The Balaban J connectivity index is 0.916. The van der Waals surface area contributed by atoms with Gasteiger partial charge < -0.3 is 27.8 Å². The fourth-order valence-corrected chi connectivity index (χ4v) is 11.5. The highest BCUT2D eigenvalue weighted by Crippen LogP contribution is 2.52. The van der Waals surface area contributed by atoms with E-state index in [9.17, 15) is 9.59 Å². The molecule has 7 aromatic carbocycles. The van der Waals surface area contributed by atoms with E-state index in [0.717, 1.165) is 97.8 Å². The van der Waals surface area contributed by atoms with Crippen LogP contribution in [0.25, 0.3) is 93.9 Å². The molecule has 0 N–H and O–H groups in total. The first kappa shape index (κ1) is 47.2. The lowest BCUT2D eigenvalue weighted by atomic mass is 9.69. The molecule has 372 valence electrons. The highest BCUT2D eigenvalue weighted by atomic mass is 16.5. The molecule has 0 saturated carbocycles. The highest BCUT2D eigenvalue weighted by Gasteiger charge is 2.42. The number of benzene rings is 7. The van der Waals surface area contributed by atoms with Crippen molar-refractivity contribution in [1.29, 1.82) is 0 Å². The van der Waals surface area contributed by atoms with Crippen molar-refractivity contribution < 1.29 is 18.3 Å². The van der Waals surface area contributed by atoms with Crippen LogP contribution >= 0.6 is 0 Å². The monoisotopic (exact) mass is 978 g/mol. The lowest BCUT2D eigenvalue weighted by molar-refractivity contribution is 0.122. The van der Waals surface area contributed by atoms with Crippen molar-refractivity contribution in [3.05, 3.63) is 178 Å². The first-order valence-electron chi connectivity index (χ1n) is 25.9. The van der Waals surface area contributed by atoms with Gasteiger partial charge in [-0.25, -0.2) is 9.59 Å². The summed E-state index contributed by atoms with van der Waals surface area (Å²) >= 11 is 0. The molecule has 0 saturated heterocycles. The number of hydrogen-bond acceptors (Lipinski definition) is 7. The average Bonchev–Trinajstić information content (AvgIpc) is 3.67. The molecule has 0 spiro atoms. The van der Waals surface area contributed by atoms with Crippen LogP contribution in [-0.2, 0) is 10.8 Å². The van der Waals surface area contributed by atoms with E-state index in [1.54, 1.807) is 6.07 Å². The molecule has 5 heterocycles. The van der Waals surface area contributed by atoms with Gasteiger partial charge in [0, 0.05) is 58.3 Å². The fourth-order valence-electron chi connectivity index (χ4n) is 11.5. The van der Waals surface area contributed by atoms with Gasteiger partial charge in [0.2, 0.25) is 0 Å². The number of para-hydroxylation sites is 1. The van der Waals surface area contributed by atoms with Crippen LogP contribution in [0.1, 0.15) is 93.2 Å². The molecule has 0 atom stereocenters. The summed E-state index contributed by atoms with van der Waals surface area (Å²) in [7, 11) is 0. The van der Waals surface area contributed by atoms with Crippen LogP contribution in [0.3, 0.4) is 0 Å². The number of aromatic nitrogens is 1. The largest absolute Gasteiger partial charge is 0.488 e. The summed E-state index contributed by atoms with van der Waals surface area (Å²) < 4.78 is 27.4. The molecule has 0 bridgehead atoms. The van der Waals surface area contributed by atoms with Crippen LogP contribution in [0.15, 0.2) is 164 Å². The second kappa shape index (κ2) is 16.9. The molecule has 74 heavy (non-hydrogen) atoms. The van der Waals surface area contributed by atoms with Gasteiger partial charge in [0.15, 0.2) is 0 Å². The first-order valence-corrected chi connectivity index (χ1v) is 25.9. The third kappa shape index (κ3) is 8.25. The van der Waals surface area contributed by atoms with Crippen molar-refractivity contribution in [2.45, 2.75) is 104 Å². The van der Waals surface area contributed by atoms with Gasteiger partial charge in [-0.2, -0.15) is 0 Å². The molecule has 0 aliphatic carbocycles. The molecule has 0 fully saturated rings. The van der Waals surface area contributed by atoms with Crippen molar-refractivity contribution >= 4 is 49.4 Å². The summed E-state index contributed by atoms with van der Waals surface area (Å²) in [6, 6.07) is 49.9. The van der Waals surface area contributed by atoms with E-state index in [0.29, 0.717) is 33.6 Å². The zero-order valence-electron chi connectivity index (χ0n) is 44.0. The summed E-state index contributed by atoms with van der Waals surface area (Å²) in [5.74, 6) is 1.15. The number of fused-ring (bicyclic) bond motifs is 6. The Kier molecular flexibility index (Phi) is 10.7. The minimum absolute atomic E-state index is 0.0179. The smallest absolute Gasteiger partial charge is 0.344 e. The van der Waals surface area contributed by atoms with Crippen LogP contribution in [0.2, 0.25) is 0 Å². The molecule has 0 unspecified atom stereocenters. The topological polar surface area (TPSA) is 87.0 Å². The van der Waals surface area contributed by atoms with Crippen molar-refractivity contribution in [3.8, 4) is 61.7 Å². The van der Waals surface area contributed by atoms with E-state index in [4.69, 9.17) is 18.3 Å². The van der Waals surface area contributed by atoms with E-state index < -0.39 is 16.8 Å². The second-order valence-corrected chi connectivity index (χ2v) is 23.8. The maximum Gasteiger partial charge on any atom is 0.344 e. The minimum Gasteiger partial charge on any atom is -0.488 e. The van der Waals surface area contributed by atoms with E-state index in [-0.39, 0.29) is 16.5 Å². The van der Waals surface area contributed by atoms with Crippen molar-refractivity contribution in [1.82, 2.24) is 4.57 Å². The first-order chi connectivity index (χ1) is 35.2. The van der Waals surface area contributed by atoms with Gasteiger partial charge in [0.25, 0.3) is 0 Å². The number of nitrogens with zero attached hydrogens (tertiary/aromatic N) is 2. The van der Waals surface area contributed by atoms with Gasteiger partial charge in [-0.3, -0.25) is 0 Å². The van der Waals surface area contributed by atoms with Crippen LogP contribution < -0.4 is 25.6 Å². The fraction of sp³-hybridized carbons (Fsp3) is 0.273. The molecule has 2 aliphatic rings. The quantitative estimate of drug-likeness (QED) is 0.147. The van der Waals surface area contributed by atoms with E-state index in [1.807, 2.05) is 84.0 Å². The van der Waals surface area contributed by atoms with Crippen LogP contribution in [0.4, 0.5) is 5.69 Å². The third-order valence-electron chi connectivity index (χ3n) is 15.2. The Bertz CT molecular complexity index is 4030. The van der Waals surface area contributed by atoms with Crippen molar-refractivity contribution in [3.63, 3.8) is 0 Å². The van der Waals surface area contributed by atoms with Gasteiger partial charge in [-0.1, -0.05) is 113 Å². The molecular weight excluding hydrogens is 917 g/mol. The van der Waals surface area contributed by atoms with E-state index >= 15 is 0 Å². The molecule has 0 radical (unpaired) electrons. The molecule has 8 nitrogen and oxygen atoms in total. The molecular formula is C66H62N2O6. The van der Waals surface area contributed by atoms with Gasteiger partial charge in [0.05, 0.1) is 27.5 Å². The molecule has 2 aliphatic heterocycles. The van der Waals surface area contributed by atoms with Gasteiger partial charge in [-0.15, -0.1) is 0 Å². The summed E-state index contributed by atoms with van der Waals surface area (Å²) in [6.45, 7) is 23.2. The maximum absolute atomic E-state index is 14.0. The number of anilines is 1. The minimum atomic E-state index is -0.508.